The molecule has 200 valence electrons. The van der Waals surface area contributed by atoms with Gasteiger partial charge in [0, 0.05) is 45.4 Å². The minimum Gasteiger partial charge on any atom is -0.445 e. The standard InChI is InChI=1S/C29H33N3O5S/c1-38(35,36)26-14-12-24(13-15-26)21-31-16-18-32(19-17-31)28(33)27(20-23-8-4-2-5-9-23)30-29(34)37-22-25-10-6-3-7-11-25/h2-15,27H,16-22H2,1H3,(H,30,34)/t27-/m0/s1. The maximum Gasteiger partial charge on any atom is 0.408 e. The van der Waals surface area contributed by atoms with Crippen molar-refractivity contribution in [1.29, 1.82) is 0 Å². The second-order valence-corrected chi connectivity index (χ2v) is 11.5. The van der Waals surface area contributed by atoms with Gasteiger partial charge in [0.2, 0.25) is 5.91 Å². The molecule has 0 aromatic heterocycles. The second-order valence-electron chi connectivity index (χ2n) is 9.47. The topological polar surface area (TPSA) is 96.0 Å². The summed E-state index contributed by atoms with van der Waals surface area (Å²) in [4.78, 5) is 30.4. The van der Waals surface area contributed by atoms with E-state index in [1.165, 1.54) is 6.26 Å². The van der Waals surface area contributed by atoms with E-state index in [4.69, 9.17) is 4.74 Å². The van der Waals surface area contributed by atoms with Crippen molar-refractivity contribution in [3.05, 3.63) is 102 Å². The van der Waals surface area contributed by atoms with Crippen molar-refractivity contribution >= 4 is 21.8 Å². The summed E-state index contributed by atoms with van der Waals surface area (Å²) < 4.78 is 28.8. The molecule has 3 aromatic rings. The van der Waals surface area contributed by atoms with E-state index in [0.717, 1.165) is 16.7 Å². The van der Waals surface area contributed by atoms with Crippen LogP contribution in [0.1, 0.15) is 16.7 Å². The van der Waals surface area contributed by atoms with E-state index in [9.17, 15) is 18.0 Å². The average molecular weight is 536 g/mol. The lowest BCUT2D eigenvalue weighted by Crippen LogP contribution is -2.55. The van der Waals surface area contributed by atoms with Crippen LogP contribution in [-0.4, -0.2) is 68.7 Å². The highest BCUT2D eigenvalue weighted by Crippen LogP contribution is 2.15. The van der Waals surface area contributed by atoms with Crippen LogP contribution in [0.25, 0.3) is 0 Å². The van der Waals surface area contributed by atoms with Crippen LogP contribution in [0.5, 0.6) is 0 Å². The van der Waals surface area contributed by atoms with E-state index in [1.807, 2.05) is 72.8 Å². The van der Waals surface area contributed by atoms with Gasteiger partial charge < -0.3 is 15.0 Å². The van der Waals surface area contributed by atoms with Crippen LogP contribution in [0.4, 0.5) is 4.79 Å². The summed E-state index contributed by atoms with van der Waals surface area (Å²) in [5.74, 6) is -0.136. The van der Waals surface area contributed by atoms with Crippen molar-refractivity contribution in [2.24, 2.45) is 0 Å². The fourth-order valence-corrected chi connectivity index (χ4v) is 5.03. The molecule has 0 radical (unpaired) electrons. The Labute approximate surface area is 224 Å². The quantitative estimate of drug-likeness (QED) is 0.452. The Morgan fingerprint density at radius 3 is 1.97 bits per heavy atom. The van der Waals surface area contributed by atoms with Crippen LogP contribution in [0.2, 0.25) is 0 Å². The number of hydrogen-bond acceptors (Lipinski definition) is 6. The first-order valence-electron chi connectivity index (χ1n) is 12.6. The first-order chi connectivity index (χ1) is 18.3. The minimum absolute atomic E-state index is 0.128. The highest BCUT2D eigenvalue weighted by molar-refractivity contribution is 7.90. The van der Waals surface area contributed by atoms with Crippen molar-refractivity contribution in [2.75, 3.05) is 32.4 Å². The molecule has 1 N–H and O–H groups in total. The summed E-state index contributed by atoms with van der Waals surface area (Å²) in [5.41, 5.74) is 2.84. The van der Waals surface area contributed by atoms with E-state index in [1.54, 1.807) is 17.0 Å². The third-order valence-corrected chi connectivity index (χ3v) is 7.66. The lowest BCUT2D eigenvalue weighted by Gasteiger charge is -2.36. The van der Waals surface area contributed by atoms with Gasteiger partial charge in [-0.3, -0.25) is 9.69 Å². The normalized spacial score (nSPS) is 15.0. The Morgan fingerprint density at radius 2 is 1.39 bits per heavy atom. The molecule has 1 fully saturated rings. The van der Waals surface area contributed by atoms with E-state index < -0.39 is 22.0 Å². The maximum absolute atomic E-state index is 13.5. The smallest absolute Gasteiger partial charge is 0.408 e. The van der Waals surface area contributed by atoms with Gasteiger partial charge in [-0.25, -0.2) is 13.2 Å². The molecule has 0 saturated carbocycles. The maximum atomic E-state index is 13.5. The number of piperazine rings is 1. The first-order valence-corrected chi connectivity index (χ1v) is 14.5. The predicted octanol–water partition coefficient (Wildman–Crippen LogP) is 3.27. The van der Waals surface area contributed by atoms with E-state index >= 15 is 0 Å². The first kappa shape index (κ1) is 27.3. The fourth-order valence-electron chi connectivity index (χ4n) is 4.40. The zero-order valence-corrected chi connectivity index (χ0v) is 22.3. The van der Waals surface area contributed by atoms with Crippen molar-refractivity contribution in [1.82, 2.24) is 15.1 Å². The molecule has 1 aliphatic rings. The number of nitrogens with one attached hydrogen (secondary N) is 1. The number of carbonyl (C=O) groups excluding carboxylic acids is 2. The average Bonchev–Trinajstić information content (AvgIpc) is 2.92. The fraction of sp³-hybridized carbons (Fsp3) is 0.310. The molecule has 3 aromatic carbocycles. The van der Waals surface area contributed by atoms with Crippen molar-refractivity contribution in [2.45, 2.75) is 30.5 Å². The van der Waals surface area contributed by atoms with Gasteiger partial charge in [0.1, 0.15) is 12.6 Å². The number of hydrogen-bond donors (Lipinski definition) is 1. The molecular formula is C29H33N3O5S. The second kappa shape index (κ2) is 12.7. The molecule has 4 rings (SSSR count). The number of nitrogens with zero attached hydrogens (tertiary/aromatic N) is 2. The number of sulfone groups is 1. The molecule has 0 spiro atoms. The van der Waals surface area contributed by atoms with Crippen molar-refractivity contribution in [3.63, 3.8) is 0 Å². The van der Waals surface area contributed by atoms with Crippen LogP contribution in [0.15, 0.2) is 89.8 Å². The lowest BCUT2D eigenvalue weighted by molar-refractivity contribution is -0.135. The van der Waals surface area contributed by atoms with Crippen LogP contribution >= 0.6 is 0 Å². The summed E-state index contributed by atoms with van der Waals surface area (Å²) in [7, 11) is -3.22. The number of rotatable bonds is 9. The van der Waals surface area contributed by atoms with Gasteiger partial charge in [-0.15, -0.1) is 0 Å². The largest absolute Gasteiger partial charge is 0.445 e. The summed E-state index contributed by atoms with van der Waals surface area (Å²) in [6.45, 7) is 3.22. The van der Waals surface area contributed by atoms with Crippen LogP contribution in [-0.2, 0) is 38.9 Å². The molecule has 1 saturated heterocycles. The van der Waals surface area contributed by atoms with E-state index in [2.05, 4.69) is 10.2 Å². The molecule has 1 heterocycles. The molecule has 2 amide bonds. The molecule has 1 atom stereocenters. The highest BCUT2D eigenvalue weighted by atomic mass is 32.2. The monoisotopic (exact) mass is 535 g/mol. The summed E-state index contributed by atoms with van der Waals surface area (Å²) >= 11 is 0. The van der Waals surface area contributed by atoms with Gasteiger partial charge in [0.05, 0.1) is 4.90 Å². The number of carbonyl (C=O) groups is 2. The Morgan fingerprint density at radius 1 is 0.816 bits per heavy atom. The Kier molecular flexibility index (Phi) is 9.15. The summed E-state index contributed by atoms with van der Waals surface area (Å²) in [6.07, 6.45) is 0.938. The Hall–Kier alpha value is -3.69. The predicted molar refractivity (Wildman–Crippen MR) is 145 cm³/mol. The van der Waals surface area contributed by atoms with E-state index in [-0.39, 0.29) is 12.5 Å². The van der Waals surface area contributed by atoms with Crippen LogP contribution in [0, 0.1) is 0 Å². The molecule has 0 aliphatic carbocycles. The molecular weight excluding hydrogens is 502 g/mol. The number of amides is 2. The SMILES string of the molecule is CS(=O)(=O)c1ccc(CN2CCN(C(=O)[C@H](Cc3ccccc3)NC(=O)OCc3ccccc3)CC2)cc1. The summed E-state index contributed by atoms with van der Waals surface area (Å²) in [6, 6.07) is 25.2. The van der Waals surface area contributed by atoms with Crippen molar-refractivity contribution in [3.8, 4) is 0 Å². The highest BCUT2D eigenvalue weighted by Gasteiger charge is 2.29. The van der Waals surface area contributed by atoms with Gasteiger partial charge in [-0.05, 0) is 28.8 Å². The Balaban J connectivity index is 1.34. The molecule has 1 aliphatic heterocycles. The molecule has 38 heavy (non-hydrogen) atoms. The molecule has 9 heteroatoms. The minimum atomic E-state index is -3.22. The third-order valence-electron chi connectivity index (χ3n) is 6.53. The summed E-state index contributed by atoms with van der Waals surface area (Å²) in [5, 5.41) is 2.79. The van der Waals surface area contributed by atoms with Crippen molar-refractivity contribution < 1.29 is 22.7 Å². The third kappa shape index (κ3) is 7.90. The van der Waals surface area contributed by atoms with E-state index in [0.29, 0.717) is 44.0 Å². The molecule has 0 bridgehead atoms. The van der Waals surface area contributed by atoms with Gasteiger partial charge in [-0.1, -0.05) is 72.8 Å². The van der Waals surface area contributed by atoms with Gasteiger partial charge in [0.15, 0.2) is 9.84 Å². The Bertz CT molecular complexity index is 1310. The van der Waals surface area contributed by atoms with Crippen LogP contribution in [0.3, 0.4) is 0 Å². The van der Waals surface area contributed by atoms with Crippen LogP contribution < -0.4 is 5.32 Å². The number of ether oxygens (including phenoxy) is 1. The lowest BCUT2D eigenvalue weighted by atomic mass is 10.0. The number of benzene rings is 3. The molecule has 8 nitrogen and oxygen atoms in total. The van der Waals surface area contributed by atoms with Gasteiger partial charge in [0.25, 0.3) is 0 Å². The van der Waals surface area contributed by atoms with Gasteiger partial charge in [-0.2, -0.15) is 0 Å². The molecule has 0 unspecified atom stereocenters. The zero-order chi connectivity index (χ0) is 27.0. The zero-order valence-electron chi connectivity index (χ0n) is 21.5. The number of alkyl carbamates (subject to hydrolysis) is 1. The van der Waals surface area contributed by atoms with Gasteiger partial charge >= 0.3 is 6.09 Å².